The molecule has 0 aromatic carbocycles. The van der Waals surface area contributed by atoms with Gasteiger partial charge in [-0.2, -0.15) is 0 Å². The highest BCUT2D eigenvalue weighted by Gasteiger charge is 2.24. The van der Waals surface area contributed by atoms with Crippen molar-refractivity contribution >= 4 is 0 Å². The number of nitrogens with one attached hydrogen (secondary N) is 2. The fourth-order valence-electron chi connectivity index (χ4n) is 2.54. The Morgan fingerprint density at radius 2 is 1.23 bits per heavy atom. The van der Waals surface area contributed by atoms with E-state index < -0.39 is 0 Å². The Kier molecular flexibility index (Phi) is 3.94. The number of aromatic nitrogens is 4. The SMILES string of the molecule is Cc1c(CN2CCN(Cc3[nH]o[n+](=O)c3C)CC2)[nH]o[n+]1=O. The van der Waals surface area contributed by atoms with Crippen LogP contribution in [0, 0.1) is 23.7 Å². The molecule has 1 aliphatic heterocycles. The number of aromatic amines is 2. The second-order valence-corrected chi connectivity index (χ2v) is 5.58. The van der Waals surface area contributed by atoms with Crippen LogP contribution in [0.3, 0.4) is 0 Å². The van der Waals surface area contributed by atoms with Gasteiger partial charge in [0.05, 0.1) is 13.1 Å². The lowest BCUT2D eigenvalue weighted by Gasteiger charge is -2.33. The van der Waals surface area contributed by atoms with Gasteiger partial charge in [-0.05, 0) is 9.81 Å². The maximum atomic E-state index is 11.2. The summed E-state index contributed by atoms with van der Waals surface area (Å²) in [6.45, 7) is 8.31. The highest BCUT2D eigenvalue weighted by Crippen LogP contribution is 2.11. The van der Waals surface area contributed by atoms with Gasteiger partial charge in [0.25, 0.3) is 0 Å². The van der Waals surface area contributed by atoms with Gasteiger partial charge in [-0.25, -0.2) is 0 Å². The molecule has 0 unspecified atom stereocenters. The minimum atomic E-state index is 0.487. The summed E-state index contributed by atoms with van der Waals surface area (Å²) in [7, 11) is 0. The maximum absolute atomic E-state index is 11.2. The quantitative estimate of drug-likeness (QED) is 0.772. The van der Waals surface area contributed by atoms with Crippen LogP contribution in [0.1, 0.15) is 22.8 Å². The van der Waals surface area contributed by atoms with Crippen LogP contribution in [0.4, 0.5) is 0 Å². The zero-order valence-electron chi connectivity index (χ0n) is 12.7. The molecular formula is C12H20N6O4+2. The van der Waals surface area contributed by atoms with E-state index in [0.717, 1.165) is 37.6 Å². The van der Waals surface area contributed by atoms with E-state index in [-0.39, 0.29) is 0 Å². The highest BCUT2D eigenvalue weighted by molar-refractivity contribution is 5.02. The Bertz CT molecular complexity index is 684. The summed E-state index contributed by atoms with van der Waals surface area (Å²) in [5.74, 6) is 0. The summed E-state index contributed by atoms with van der Waals surface area (Å²) < 4.78 is 10.4. The second kappa shape index (κ2) is 5.89. The molecule has 1 aliphatic rings. The summed E-state index contributed by atoms with van der Waals surface area (Å²) in [5, 5.41) is 5.30. The second-order valence-electron chi connectivity index (χ2n) is 5.58. The van der Waals surface area contributed by atoms with E-state index in [1.54, 1.807) is 13.8 Å². The highest BCUT2D eigenvalue weighted by atomic mass is 16.7. The fraction of sp³-hybridized carbons (Fsp3) is 0.667. The van der Waals surface area contributed by atoms with Crippen molar-refractivity contribution < 1.29 is 18.5 Å². The summed E-state index contributed by atoms with van der Waals surface area (Å²) in [6, 6.07) is 0. The predicted octanol–water partition coefficient (Wildman–Crippen LogP) is -0.708. The molecule has 10 heteroatoms. The van der Waals surface area contributed by atoms with Crippen LogP contribution in [0.15, 0.2) is 9.26 Å². The van der Waals surface area contributed by atoms with Gasteiger partial charge in [-0.3, -0.25) is 9.80 Å². The molecule has 1 saturated heterocycles. The molecule has 2 N–H and O–H groups in total. The van der Waals surface area contributed by atoms with Crippen LogP contribution >= 0.6 is 0 Å². The third-order valence-corrected chi connectivity index (χ3v) is 4.15. The number of H-pyrrole nitrogens is 2. The van der Waals surface area contributed by atoms with Gasteiger partial charge in [0, 0.05) is 40.0 Å². The van der Waals surface area contributed by atoms with Gasteiger partial charge >= 0.3 is 0 Å². The van der Waals surface area contributed by atoms with Crippen molar-refractivity contribution in [2.24, 2.45) is 0 Å². The number of hydrogen-bond acceptors (Lipinski definition) is 6. The standard InChI is InChI=1S/C12H20N6O4/c1-9-11(13-21-17(9)19)7-15-3-5-16(6-4-15)8-12-10(2)18(20)22-14-12/h13-14H,3-8H2,1-2H3/q+2. The van der Waals surface area contributed by atoms with Gasteiger partial charge in [-0.1, -0.05) is 19.6 Å². The molecule has 0 atom stereocenters. The lowest BCUT2D eigenvalue weighted by molar-refractivity contribution is -0.718. The number of piperazine rings is 1. The van der Waals surface area contributed by atoms with Crippen LogP contribution in [-0.2, 0) is 13.1 Å². The Morgan fingerprint density at radius 3 is 1.50 bits per heavy atom. The topological polar surface area (TPSA) is 110 Å². The van der Waals surface area contributed by atoms with Crippen LogP contribution in [0.25, 0.3) is 0 Å². The first-order valence-corrected chi connectivity index (χ1v) is 7.19. The summed E-state index contributed by atoms with van der Waals surface area (Å²) in [6.07, 6.45) is 0. The molecule has 2 aromatic rings. The van der Waals surface area contributed by atoms with E-state index in [9.17, 15) is 9.81 Å². The third kappa shape index (κ3) is 2.88. The van der Waals surface area contributed by atoms with Crippen molar-refractivity contribution in [2.45, 2.75) is 26.9 Å². The van der Waals surface area contributed by atoms with Crippen LogP contribution in [-0.4, -0.2) is 46.3 Å². The molecule has 0 amide bonds. The van der Waals surface area contributed by atoms with Crippen molar-refractivity contribution in [3.63, 3.8) is 0 Å². The molecule has 0 aliphatic carbocycles. The van der Waals surface area contributed by atoms with Crippen LogP contribution in [0.5, 0.6) is 0 Å². The summed E-state index contributed by atoms with van der Waals surface area (Å²) in [4.78, 5) is 27.0. The molecule has 0 bridgehead atoms. The lowest BCUT2D eigenvalue weighted by atomic mass is 10.2. The van der Waals surface area contributed by atoms with Crippen molar-refractivity contribution in [2.75, 3.05) is 26.2 Å². The number of nitrogens with zero attached hydrogens (tertiary/aromatic N) is 4. The number of hydrogen-bond donors (Lipinski definition) is 2. The van der Waals surface area contributed by atoms with Crippen molar-refractivity contribution in [3.8, 4) is 0 Å². The van der Waals surface area contributed by atoms with E-state index in [1.807, 2.05) is 0 Å². The van der Waals surface area contributed by atoms with E-state index in [2.05, 4.69) is 20.1 Å². The summed E-state index contributed by atoms with van der Waals surface area (Å²) in [5.41, 5.74) is 2.72. The van der Waals surface area contributed by atoms with Gasteiger partial charge in [0.1, 0.15) is 0 Å². The zero-order valence-corrected chi connectivity index (χ0v) is 12.7. The molecule has 10 nitrogen and oxygen atoms in total. The van der Waals surface area contributed by atoms with Crippen molar-refractivity contribution in [1.29, 1.82) is 0 Å². The van der Waals surface area contributed by atoms with Gasteiger partial charge in [-0.15, -0.1) is 0 Å². The molecule has 0 saturated carbocycles. The Morgan fingerprint density at radius 1 is 0.864 bits per heavy atom. The predicted molar refractivity (Wildman–Crippen MR) is 72.9 cm³/mol. The van der Waals surface area contributed by atoms with Crippen molar-refractivity contribution in [3.05, 3.63) is 32.6 Å². The Balaban J connectivity index is 1.54. The van der Waals surface area contributed by atoms with E-state index in [4.69, 9.17) is 9.26 Å². The third-order valence-electron chi connectivity index (χ3n) is 4.15. The molecule has 2 aromatic heterocycles. The molecule has 0 spiro atoms. The molecule has 1 fully saturated rings. The first kappa shape index (κ1) is 14.7. The molecule has 3 rings (SSSR count). The average molecular weight is 312 g/mol. The average Bonchev–Trinajstić information content (AvgIpc) is 3.00. The first-order chi connectivity index (χ1) is 10.5. The molecule has 120 valence electrons. The number of rotatable bonds is 4. The smallest absolute Gasteiger partial charge is 0.243 e. The minimum absolute atomic E-state index is 0.487. The lowest BCUT2D eigenvalue weighted by Crippen LogP contribution is -2.45. The van der Waals surface area contributed by atoms with E-state index >= 15 is 0 Å². The maximum Gasteiger partial charge on any atom is 0.243 e. The van der Waals surface area contributed by atoms with Gasteiger partial charge < -0.3 is 0 Å². The fourth-order valence-corrected chi connectivity index (χ4v) is 2.54. The summed E-state index contributed by atoms with van der Waals surface area (Å²) >= 11 is 0. The molecular weight excluding hydrogens is 292 g/mol. The Labute approximate surface area is 125 Å². The molecule has 3 heterocycles. The van der Waals surface area contributed by atoms with Crippen LogP contribution in [0.2, 0.25) is 0 Å². The zero-order chi connectivity index (χ0) is 15.7. The Hall–Kier alpha value is -2.20. The van der Waals surface area contributed by atoms with Crippen LogP contribution < -0.4 is 9.20 Å². The van der Waals surface area contributed by atoms with E-state index in [0.29, 0.717) is 33.7 Å². The molecule has 0 radical (unpaired) electrons. The van der Waals surface area contributed by atoms with E-state index in [1.165, 1.54) is 0 Å². The normalized spacial score (nSPS) is 17.2. The van der Waals surface area contributed by atoms with Gasteiger partial charge in [0.2, 0.25) is 22.8 Å². The van der Waals surface area contributed by atoms with Crippen molar-refractivity contribution in [1.82, 2.24) is 20.1 Å². The van der Waals surface area contributed by atoms with Gasteiger partial charge in [0.15, 0.2) is 9.20 Å². The monoisotopic (exact) mass is 312 g/mol. The minimum Gasteiger partial charge on any atom is -0.293 e. The largest absolute Gasteiger partial charge is 0.293 e. The molecule has 22 heavy (non-hydrogen) atoms. The first-order valence-electron chi connectivity index (χ1n) is 7.19.